The molecule has 124 valence electrons. The predicted octanol–water partition coefficient (Wildman–Crippen LogP) is 4.14. The molecule has 1 atom stereocenters. The first kappa shape index (κ1) is 16.3. The molecule has 0 radical (unpaired) electrons. The van der Waals surface area contributed by atoms with Crippen LogP contribution in [0.15, 0.2) is 36.4 Å². The molecule has 3 rings (SSSR count). The summed E-state index contributed by atoms with van der Waals surface area (Å²) >= 11 is 0. The molecule has 0 amide bonds. The van der Waals surface area contributed by atoms with Gasteiger partial charge in [0, 0.05) is 25.3 Å². The van der Waals surface area contributed by atoms with E-state index in [1.54, 1.807) is 0 Å². The molecule has 3 nitrogen and oxygen atoms in total. The van der Waals surface area contributed by atoms with E-state index in [-0.39, 0.29) is 0 Å². The smallest absolute Gasteiger partial charge is 0.124 e. The van der Waals surface area contributed by atoms with E-state index >= 15 is 0 Å². The van der Waals surface area contributed by atoms with Crippen LogP contribution in [0, 0.1) is 5.92 Å². The maximum absolute atomic E-state index is 6.06. The molecule has 2 aromatic carbocycles. The fraction of sp³-hybridized carbons (Fsp3) is 0.500. The minimum atomic E-state index is 0.366. The van der Waals surface area contributed by atoms with Gasteiger partial charge in [0.1, 0.15) is 5.75 Å². The third kappa shape index (κ3) is 4.24. The Morgan fingerprint density at radius 3 is 2.87 bits per heavy atom. The van der Waals surface area contributed by atoms with Crippen LogP contribution in [0.1, 0.15) is 32.3 Å². The maximum atomic E-state index is 6.06. The lowest BCUT2D eigenvalue weighted by molar-refractivity contribution is 0.110. The van der Waals surface area contributed by atoms with Crippen LogP contribution in [0.5, 0.6) is 5.75 Å². The topological polar surface area (TPSA) is 30.5 Å². The molecular weight excluding hydrogens is 286 g/mol. The van der Waals surface area contributed by atoms with Gasteiger partial charge in [-0.15, -0.1) is 0 Å². The highest BCUT2D eigenvalue weighted by atomic mass is 16.5. The largest absolute Gasteiger partial charge is 0.493 e. The molecule has 2 aromatic rings. The van der Waals surface area contributed by atoms with Crippen LogP contribution in [0.25, 0.3) is 10.8 Å². The molecule has 0 saturated carbocycles. The standard InChI is InChI=1S/C20H27NO2/c1-15(2)14-23-20-10-9-16-6-3-4-8-18(16)19(20)13-21-12-17-7-5-11-22-17/h3-4,6,8-10,15,17,21H,5,7,11-14H2,1-2H3. The molecule has 1 aliphatic rings. The van der Waals surface area contributed by atoms with Crippen molar-refractivity contribution in [2.45, 2.75) is 39.3 Å². The number of hydrogen-bond donors (Lipinski definition) is 1. The van der Waals surface area contributed by atoms with Crippen LogP contribution < -0.4 is 10.1 Å². The Kier molecular flexibility index (Phi) is 5.52. The molecule has 1 heterocycles. The van der Waals surface area contributed by atoms with Crippen LogP contribution in [0.3, 0.4) is 0 Å². The molecule has 1 N–H and O–H groups in total. The zero-order valence-corrected chi connectivity index (χ0v) is 14.2. The summed E-state index contributed by atoms with van der Waals surface area (Å²) in [4.78, 5) is 0. The Hall–Kier alpha value is -1.58. The molecule has 23 heavy (non-hydrogen) atoms. The lowest BCUT2D eigenvalue weighted by atomic mass is 10.0. The van der Waals surface area contributed by atoms with E-state index in [1.807, 2.05) is 0 Å². The van der Waals surface area contributed by atoms with Crippen molar-refractivity contribution >= 4 is 10.8 Å². The molecule has 0 aromatic heterocycles. The highest BCUT2D eigenvalue weighted by molar-refractivity contribution is 5.87. The van der Waals surface area contributed by atoms with Crippen LogP contribution in [0.2, 0.25) is 0 Å². The van der Waals surface area contributed by atoms with Gasteiger partial charge in [-0.1, -0.05) is 44.2 Å². The number of benzene rings is 2. The van der Waals surface area contributed by atoms with Gasteiger partial charge in [0.15, 0.2) is 0 Å². The van der Waals surface area contributed by atoms with Crippen molar-refractivity contribution in [2.75, 3.05) is 19.8 Å². The molecular formula is C20H27NO2. The molecule has 1 saturated heterocycles. The normalized spacial score (nSPS) is 18.0. The van der Waals surface area contributed by atoms with E-state index in [0.717, 1.165) is 32.1 Å². The highest BCUT2D eigenvalue weighted by Crippen LogP contribution is 2.28. The Bertz CT molecular complexity index is 633. The van der Waals surface area contributed by atoms with Gasteiger partial charge in [0.05, 0.1) is 12.7 Å². The lowest BCUT2D eigenvalue weighted by Crippen LogP contribution is -2.26. The zero-order valence-electron chi connectivity index (χ0n) is 14.2. The molecule has 1 aliphatic heterocycles. The minimum absolute atomic E-state index is 0.366. The number of nitrogens with one attached hydrogen (secondary N) is 1. The summed E-state index contributed by atoms with van der Waals surface area (Å²) in [6.45, 7) is 7.73. The number of ether oxygens (including phenoxy) is 2. The predicted molar refractivity (Wildman–Crippen MR) is 95.0 cm³/mol. The van der Waals surface area contributed by atoms with Gasteiger partial charge in [-0.25, -0.2) is 0 Å². The third-order valence-electron chi connectivity index (χ3n) is 4.27. The minimum Gasteiger partial charge on any atom is -0.493 e. The monoisotopic (exact) mass is 313 g/mol. The van der Waals surface area contributed by atoms with Crippen molar-refractivity contribution in [1.82, 2.24) is 5.32 Å². The first-order valence-electron chi connectivity index (χ1n) is 8.70. The zero-order chi connectivity index (χ0) is 16.1. The summed E-state index contributed by atoms with van der Waals surface area (Å²) in [5.41, 5.74) is 1.25. The van der Waals surface area contributed by atoms with Crippen molar-refractivity contribution < 1.29 is 9.47 Å². The van der Waals surface area contributed by atoms with Gasteiger partial charge in [0.25, 0.3) is 0 Å². The number of rotatable bonds is 7. The lowest BCUT2D eigenvalue weighted by Gasteiger charge is -2.17. The van der Waals surface area contributed by atoms with E-state index in [1.165, 1.54) is 29.2 Å². The third-order valence-corrected chi connectivity index (χ3v) is 4.27. The van der Waals surface area contributed by atoms with E-state index in [9.17, 15) is 0 Å². The fourth-order valence-electron chi connectivity index (χ4n) is 3.05. The summed E-state index contributed by atoms with van der Waals surface area (Å²) in [6, 6.07) is 12.8. The Labute approximate surface area is 139 Å². The quantitative estimate of drug-likeness (QED) is 0.833. The SMILES string of the molecule is CC(C)COc1ccc2ccccc2c1CNCC1CCCO1. The molecule has 1 unspecified atom stereocenters. The molecule has 0 aliphatic carbocycles. The molecule has 3 heteroatoms. The van der Waals surface area contributed by atoms with Gasteiger partial charge in [-0.3, -0.25) is 0 Å². The van der Waals surface area contributed by atoms with E-state index in [2.05, 4.69) is 55.6 Å². The Morgan fingerprint density at radius 2 is 2.09 bits per heavy atom. The van der Waals surface area contributed by atoms with E-state index in [0.29, 0.717) is 12.0 Å². The van der Waals surface area contributed by atoms with Crippen LogP contribution in [0.4, 0.5) is 0 Å². The Morgan fingerprint density at radius 1 is 1.22 bits per heavy atom. The maximum Gasteiger partial charge on any atom is 0.124 e. The van der Waals surface area contributed by atoms with E-state index < -0.39 is 0 Å². The second-order valence-corrected chi connectivity index (χ2v) is 6.73. The van der Waals surface area contributed by atoms with Crippen LogP contribution in [-0.2, 0) is 11.3 Å². The Balaban J connectivity index is 1.76. The van der Waals surface area contributed by atoms with Crippen molar-refractivity contribution in [1.29, 1.82) is 0 Å². The summed E-state index contributed by atoms with van der Waals surface area (Å²) in [5.74, 6) is 1.52. The van der Waals surface area contributed by atoms with Gasteiger partial charge in [0.2, 0.25) is 0 Å². The van der Waals surface area contributed by atoms with Crippen molar-refractivity contribution in [3.8, 4) is 5.75 Å². The van der Waals surface area contributed by atoms with Gasteiger partial charge in [-0.05, 0) is 35.6 Å². The number of fused-ring (bicyclic) bond motifs is 1. The van der Waals surface area contributed by atoms with E-state index in [4.69, 9.17) is 9.47 Å². The van der Waals surface area contributed by atoms with Gasteiger partial charge >= 0.3 is 0 Å². The molecule has 0 bridgehead atoms. The van der Waals surface area contributed by atoms with Gasteiger partial charge in [-0.2, -0.15) is 0 Å². The summed E-state index contributed by atoms with van der Waals surface area (Å²) in [6.07, 6.45) is 2.72. The molecule has 1 fully saturated rings. The van der Waals surface area contributed by atoms with Crippen LogP contribution in [-0.4, -0.2) is 25.9 Å². The average molecular weight is 313 g/mol. The second kappa shape index (κ2) is 7.80. The summed E-state index contributed by atoms with van der Waals surface area (Å²) in [7, 11) is 0. The first-order chi connectivity index (χ1) is 11.2. The van der Waals surface area contributed by atoms with Gasteiger partial charge < -0.3 is 14.8 Å². The fourth-order valence-corrected chi connectivity index (χ4v) is 3.05. The average Bonchev–Trinajstić information content (AvgIpc) is 3.07. The van der Waals surface area contributed by atoms with Crippen molar-refractivity contribution in [3.05, 3.63) is 42.0 Å². The number of hydrogen-bond acceptors (Lipinski definition) is 3. The van der Waals surface area contributed by atoms with Crippen molar-refractivity contribution in [2.24, 2.45) is 5.92 Å². The van der Waals surface area contributed by atoms with Crippen LogP contribution >= 0.6 is 0 Å². The summed E-state index contributed by atoms with van der Waals surface area (Å²) < 4.78 is 11.8. The second-order valence-electron chi connectivity index (χ2n) is 6.73. The van der Waals surface area contributed by atoms with Crippen molar-refractivity contribution in [3.63, 3.8) is 0 Å². The first-order valence-corrected chi connectivity index (χ1v) is 8.70. The highest BCUT2D eigenvalue weighted by Gasteiger charge is 2.15. The summed E-state index contributed by atoms with van der Waals surface area (Å²) in [5, 5.41) is 6.09. The molecule has 0 spiro atoms.